The zero-order chi connectivity index (χ0) is 21.3. The van der Waals surface area contributed by atoms with Crippen LogP contribution in [0.5, 0.6) is 0 Å². The number of hydrogen-bond acceptors (Lipinski definition) is 14. The fraction of sp³-hybridized carbons (Fsp3) is 0.500. The van der Waals surface area contributed by atoms with Crippen molar-refractivity contribution in [2.45, 2.75) is 36.9 Å². The number of hydrogen-bond donors (Lipinski definition) is 2. The number of carbonyl (C=O) groups excluding carboxylic acids is 6. The topological polar surface area (TPSA) is 313 Å². The number of rotatable bonds is 10. The van der Waals surface area contributed by atoms with E-state index in [1.807, 2.05) is 0 Å². The van der Waals surface area contributed by atoms with Crippen LogP contribution in [0.1, 0.15) is 25.7 Å². The summed E-state index contributed by atoms with van der Waals surface area (Å²) in [5.41, 5.74) is -5.95. The summed E-state index contributed by atoms with van der Waals surface area (Å²) in [6.45, 7) is 0. The number of aliphatic carboxylic acids is 6. The van der Waals surface area contributed by atoms with Crippen molar-refractivity contribution in [1.29, 1.82) is 0 Å². The van der Waals surface area contributed by atoms with E-state index >= 15 is 0 Å². The van der Waals surface area contributed by atoms with Crippen molar-refractivity contribution in [3.8, 4) is 0 Å². The van der Waals surface area contributed by atoms with E-state index in [9.17, 15) is 59.4 Å². The first kappa shape index (κ1) is 42.3. The van der Waals surface area contributed by atoms with E-state index in [-0.39, 0.29) is 55.8 Å². The number of carboxylic acids is 6. The molecule has 30 heavy (non-hydrogen) atoms. The summed E-state index contributed by atoms with van der Waals surface area (Å²) in [4.78, 5) is 60.0. The van der Waals surface area contributed by atoms with E-state index in [1.165, 1.54) is 0 Å². The molecule has 0 spiro atoms. The van der Waals surface area contributed by atoms with E-state index in [4.69, 9.17) is 10.2 Å². The Bertz CT molecular complexity index is 522. The van der Waals surface area contributed by atoms with Gasteiger partial charge in [0.2, 0.25) is 0 Å². The molecule has 0 aromatic carbocycles. The van der Waals surface area contributed by atoms with Crippen LogP contribution in [-0.4, -0.2) is 62.7 Å². The van der Waals surface area contributed by atoms with Gasteiger partial charge in [0.25, 0.3) is 0 Å². The molecule has 0 bridgehead atoms. The van der Waals surface area contributed by atoms with Crippen molar-refractivity contribution in [3.05, 3.63) is 0 Å². The van der Waals surface area contributed by atoms with Crippen LogP contribution >= 0.6 is 0 Å². The molecule has 18 heteroatoms. The van der Waals surface area contributed by atoms with Gasteiger partial charge in [0, 0.05) is 49.6 Å². The van der Waals surface area contributed by atoms with Crippen LogP contribution in [0.2, 0.25) is 0 Å². The molecule has 0 saturated carbocycles. The first-order valence-corrected chi connectivity index (χ1v) is 6.23. The molecule has 0 amide bonds. The zero-order valence-electron chi connectivity index (χ0n) is 14.1. The van der Waals surface area contributed by atoms with Crippen molar-refractivity contribution in [1.82, 2.24) is 0 Å². The van der Waals surface area contributed by atoms with Gasteiger partial charge in [0.05, 0.1) is 11.9 Å². The molecule has 0 aromatic rings. The average Bonchev–Trinajstić information content (AvgIpc) is 2.34. The molecule has 3 radical (unpaired) electrons. The molecule has 0 saturated heterocycles. The minimum atomic E-state index is -2.97. The minimum Gasteiger partial charge on any atom is -0.550 e. The van der Waals surface area contributed by atoms with Crippen LogP contribution in [-0.2, 0) is 79.1 Å². The van der Waals surface area contributed by atoms with Gasteiger partial charge in [-0.2, -0.15) is 0 Å². The quantitative estimate of drug-likeness (QED) is 0.245. The van der Waals surface area contributed by atoms with Crippen molar-refractivity contribution in [2.75, 3.05) is 0 Å². The molecule has 0 heterocycles. The van der Waals surface area contributed by atoms with E-state index in [0.29, 0.717) is 0 Å². The van der Waals surface area contributed by atoms with Crippen molar-refractivity contribution < 1.29 is 125 Å². The summed E-state index contributed by atoms with van der Waals surface area (Å²) in [5, 5.41) is 77.9. The zero-order valence-corrected chi connectivity index (χ0v) is 17.2. The van der Waals surface area contributed by atoms with Gasteiger partial charge in [-0.05, 0) is 0 Å². The van der Waals surface area contributed by atoms with Gasteiger partial charge in [0.15, 0.2) is 0 Å². The summed E-state index contributed by atoms with van der Waals surface area (Å²) in [7, 11) is 0. The molecule has 0 aromatic heterocycles. The van der Waals surface area contributed by atoms with Crippen LogP contribution in [0, 0.1) is 0 Å². The molecule has 0 aliphatic carbocycles. The number of carbonyl (C=O) groups is 6. The Morgan fingerprint density at radius 3 is 0.700 bits per heavy atom. The molecule has 4 N–H and O–H groups in total. The van der Waals surface area contributed by atoms with Crippen molar-refractivity contribution in [3.63, 3.8) is 0 Å². The van der Waals surface area contributed by atoms with Crippen LogP contribution in [0.25, 0.3) is 0 Å². The van der Waals surface area contributed by atoms with Gasteiger partial charge in [0.1, 0.15) is 11.2 Å². The Hall–Kier alpha value is -1.78. The SMILES string of the molecule is O.O=C([O-])CC(O)(CC(=O)[O-])C(=O)[O-].O=C([O-])CC(O)(CC(=O)[O-])C(=O)[O-].[Co+2].[Co+2].[Co+2]. The Kier molecular flexibility index (Phi) is 25.4. The smallest absolute Gasteiger partial charge is 0.550 e. The average molecular weight is 573 g/mol. The van der Waals surface area contributed by atoms with Gasteiger partial charge in [-0.25, -0.2) is 0 Å². The third kappa shape index (κ3) is 18.3. The Morgan fingerprint density at radius 1 is 0.500 bits per heavy atom. The summed E-state index contributed by atoms with van der Waals surface area (Å²) in [6, 6.07) is 0. The second-order valence-electron chi connectivity index (χ2n) is 4.83. The normalized spacial score (nSPS) is 9.40. The summed E-state index contributed by atoms with van der Waals surface area (Å²) in [5.74, 6) is -12.0. The third-order valence-electron chi connectivity index (χ3n) is 2.51. The van der Waals surface area contributed by atoms with Crippen LogP contribution < -0.4 is 30.6 Å². The Balaban J connectivity index is -0.0000000847. The van der Waals surface area contributed by atoms with Crippen LogP contribution in [0.4, 0.5) is 0 Å². The monoisotopic (exact) mass is 573 g/mol. The van der Waals surface area contributed by atoms with Gasteiger partial charge < -0.3 is 75.1 Å². The summed E-state index contributed by atoms with van der Waals surface area (Å²) >= 11 is 0. The molecule has 0 aliphatic rings. The second kappa shape index (κ2) is 18.0. The predicted octanol–water partition coefficient (Wildman–Crippen LogP) is -11.3. The third-order valence-corrected chi connectivity index (χ3v) is 2.51. The molecule has 0 atom stereocenters. The van der Waals surface area contributed by atoms with Crippen LogP contribution in [0.3, 0.4) is 0 Å². The maximum atomic E-state index is 10.1. The fourth-order valence-corrected chi connectivity index (χ4v) is 1.37. The van der Waals surface area contributed by atoms with E-state index in [2.05, 4.69) is 0 Å². The molecule has 0 unspecified atom stereocenters. The standard InChI is InChI=1S/2C6H8O7.3Co.H2O/c2*7-3(8)1-6(13,5(11)12)2-4(9)10;;;;/h2*13H,1-2H2,(H,7,8)(H,9,10)(H,11,12);;;;1H2/q;;3*+2;/p-6. The van der Waals surface area contributed by atoms with E-state index in [0.717, 1.165) is 0 Å². The van der Waals surface area contributed by atoms with Gasteiger partial charge in [-0.3, -0.25) is 0 Å². The van der Waals surface area contributed by atoms with E-state index in [1.54, 1.807) is 0 Å². The maximum Gasteiger partial charge on any atom is 2.00 e. The molecule has 15 nitrogen and oxygen atoms in total. The molecule has 0 aliphatic heterocycles. The number of carboxylic acid groups (broad SMARTS) is 6. The predicted molar refractivity (Wildman–Crippen MR) is 62.0 cm³/mol. The molecule has 0 fully saturated rings. The number of aliphatic hydroxyl groups is 2. The summed E-state index contributed by atoms with van der Waals surface area (Å²) < 4.78 is 0. The van der Waals surface area contributed by atoms with Crippen molar-refractivity contribution >= 4 is 35.8 Å². The first-order valence-electron chi connectivity index (χ1n) is 6.23. The summed E-state index contributed by atoms with van der Waals surface area (Å²) in [6.07, 6.45) is -5.43. The molecular formula is C12H12Co3O15. The Morgan fingerprint density at radius 2 is 0.633 bits per heavy atom. The van der Waals surface area contributed by atoms with Gasteiger partial charge >= 0.3 is 50.3 Å². The minimum absolute atomic E-state index is 0. The van der Waals surface area contributed by atoms with Gasteiger partial charge in [-0.1, -0.05) is 0 Å². The molecule has 177 valence electrons. The van der Waals surface area contributed by atoms with E-state index < -0.39 is 72.7 Å². The fourth-order valence-electron chi connectivity index (χ4n) is 1.37. The second-order valence-corrected chi connectivity index (χ2v) is 4.83. The van der Waals surface area contributed by atoms with Crippen LogP contribution in [0.15, 0.2) is 0 Å². The van der Waals surface area contributed by atoms with Crippen molar-refractivity contribution in [2.24, 2.45) is 0 Å². The Labute approximate surface area is 198 Å². The molecular weight excluding hydrogens is 561 g/mol. The first-order chi connectivity index (χ1) is 11.6. The van der Waals surface area contributed by atoms with Gasteiger partial charge in [-0.15, -0.1) is 0 Å². The maximum absolute atomic E-state index is 10.1. The largest absolute Gasteiger partial charge is 2.00 e. The molecule has 0 rings (SSSR count).